The Bertz CT molecular complexity index is 860. The minimum atomic E-state index is 0.309. The summed E-state index contributed by atoms with van der Waals surface area (Å²) in [7, 11) is 1.97. The van der Waals surface area contributed by atoms with Gasteiger partial charge >= 0.3 is 0 Å². The molecule has 1 aromatic heterocycles. The number of rotatable bonds is 1. The number of nitrogens with zero attached hydrogens (tertiary/aromatic N) is 2. The highest BCUT2D eigenvalue weighted by Crippen LogP contribution is 2.40. The summed E-state index contributed by atoms with van der Waals surface area (Å²) in [6, 6.07) is 7.51. The van der Waals surface area contributed by atoms with Gasteiger partial charge in [0.05, 0.1) is 11.2 Å². The number of aromatic nitrogens is 2. The van der Waals surface area contributed by atoms with E-state index in [-0.39, 0.29) is 0 Å². The molecule has 0 spiro atoms. The fraction of sp³-hybridized carbons (Fsp3) is 0.278. The van der Waals surface area contributed by atoms with E-state index in [9.17, 15) is 5.11 Å². The molecule has 3 aromatic rings. The average Bonchev–Trinajstić information content (AvgIpc) is 2.73. The fourth-order valence-corrected chi connectivity index (χ4v) is 3.24. The Morgan fingerprint density at radius 1 is 0.952 bits per heavy atom. The number of hydrogen-bond acceptors (Lipinski definition) is 2. The predicted octanol–water partition coefficient (Wildman–Crippen LogP) is 4.18. The summed E-state index contributed by atoms with van der Waals surface area (Å²) < 4.78 is 1.92. The van der Waals surface area contributed by atoms with E-state index in [1.165, 1.54) is 22.1 Å². The van der Waals surface area contributed by atoms with Crippen molar-refractivity contribution in [3.63, 3.8) is 0 Å². The van der Waals surface area contributed by atoms with E-state index in [1.54, 1.807) is 6.07 Å². The lowest BCUT2D eigenvalue weighted by atomic mass is 9.89. The van der Waals surface area contributed by atoms with Crippen molar-refractivity contribution >= 4 is 10.9 Å². The van der Waals surface area contributed by atoms with Gasteiger partial charge in [0.1, 0.15) is 5.75 Å². The van der Waals surface area contributed by atoms with Crippen molar-refractivity contribution in [3.8, 4) is 16.9 Å². The van der Waals surface area contributed by atoms with Crippen molar-refractivity contribution in [2.24, 2.45) is 7.05 Å². The highest BCUT2D eigenvalue weighted by Gasteiger charge is 2.20. The van der Waals surface area contributed by atoms with E-state index in [0.717, 1.165) is 22.3 Å². The van der Waals surface area contributed by atoms with Crippen LogP contribution in [0.3, 0.4) is 0 Å². The van der Waals surface area contributed by atoms with Crippen LogP contribution in [0.4, 0.5) is 0 Å². The van der Waals surface area contributed by atoms with Gasteiger partial charge in [-0.3, -0.25) is 4.68 Å². The van der Waals surface area contributed by atoms with E-state index < -0.39 is 0 Å². The minimum absolute atomic E-state index is 0.309. The van der Waals surface area contributed by atoms with E-state index in [2.05, 4.69) is 25.9 Å². The maximum atomic E-state index is 10.3. The van der Waals surface area contributed by atoms with Crippen molar-refractivity contribution < 1.29 is 5.11 Å². The molecule has 1 N–H and O–H groups in total. The van der Waals surface area contributed by atoms with Gasteiger partial charge in [-0.1, -0.05) is 18.2 Å². The Hall–Kier alpha value is -2.29. The molecule has 0 aliphatic rings. The molecule has 0 unspecified atom stereocenters. The molecule has 0 aliphatic carbocycles. The van der Waals surface area contributed by atoms with Gasteiger partial charge < -0.3 is 5.11 Å². The first-order valence-electron chi connectivity index (χ1n) is 7.15. The van der Waals surface area contributed by atoms with Gasteiger partial charge in [0.25, 0.3) is 0 Å². The van der Waals surface area contributed by atoms with Crippen molar-refractivity contribution in [2.45, 2.75) is 27.7 Å². The number of phenols is 1. The molecule has 0 fully saturated rings. The predicted molar refractivity (Wildman–Crippen MR) is 86.8 cm³/mol. The Labute approximate surface area is 124 Å². The Morgan fingerprint density at radius 3 is 2.29 bits per heavy atom. The molecule has 0 radical (unpaired) electrons. The van der Waals surface area contributed by atoms with E-state index in [0.29, 0.717) is 5.75 Å². The zero-order chi connectivity index (χ0) is 15.3. The Balaban J connectivity index is 2.57. The third-order valence-electron chi connectivity index (χ3n) is 4.51. The van der Waals surface area contributed by atoms with Crippen LogP contribution >= 0.6 is 0 Å². The van der Waals surface area contributed by atoms with Crippen LogP contribution in [0, 0.1) is 27.7 Å². The van der Waals surface area contributed by atoms with Gasteiger partial charge in [-0.25, -0.2) is 0 Å². The minimum Gasteiger partial charge on any atom is -0.507 e. The van der Waals surface area contributed by atoms with Gasteiger partial charge in [-0.05, 0) is 50.5 Å². The lowest BCUT2D eigenvalue weighted by molar-refractivity contribution is 0.477. The highest BCUT2D eigenvalue weighted by molar-refractivity contribution is 6.01. The monoisotopic (exact) mass is 280 g/mol. The zero-order valence-electron chi connectivity index (χ0n) is 13.2. The van der Waals surface area contributed by atoms with Gasteiger partial charge in [-0.2, -0.15) is 5.10 Å². The lowest BCUT2D eigenvalue weighted by Crippen LogP contribution is -1.98. The molecule has 0 bridgehead atoms. The maximum Gasteiger partial charge on any atom is 0.123 e. The maximum absolute atomic E-state index is 10.3. The molecule has 21 heavy (non-hydrogen) atoms. The summed E-state index contributed by atoms with van der Waals surface area (Å²) in [6.07, 6.45) is 0. The number of hydrogen-bond donors (Lipinski definition) is 1. The largest absolute Gasteiger partial charge is 0.507 e. The van der Waals surface area contributed by atoms with Crippen LogP contribution in [-0.2, 0) is 7.05 Å². The van der Waals surface area contributed by atoms with E-state index in [4.69, 9.17) is 0 Å². The topological polar surface area (TPSA) is 38.1 Å². The first-order valence-corrected chi connectivity index (χ1v) is 7.15. The van der Waals surface area contributed by atoms with E-state index >= 15 is 0 Å². The number of benzene rings is 2. The summed E-state index contributed by atoms with van der Waals surface area (Å²) >= 11 is 0. The third-order valence-corrected chi connectivity index (χ3v) is 4.51. The first-order chi connectivity index (χ1) is 9.93. The molecular formula is C18H20N2O. The van der Waals surface area contributed by atoms with Crippen LogP contribution in [0.1, 0.15) is 22.4 Å². The molecule has 0 saturated heterocycles. The first kappa shape index (κ1) is 13.7. The van der Waals surface area contributed by atoms with Crippen LogP contribution in [0.5, 0.6) is 5.75 Å². The molecule has 2 aromatic carbocycles. The molecule has 0 atom stereocenters. The third kappa shape index (κ3) is 1.84. The number of phenolic OH excluding ortho intramolecular Hbond substituents is 1. The van der Waals surface area contributed by atoms with Crippen LogP contribution in [0.15, 0.2) is 24.3 Å². The summed E-state index contributed by atoms with van der Waals surface area (Å²) in [5.41, 5.74) is 7.80. The molecule has 0 amide bonds. The van der Waals surface area contributed by atoms with Crippen LogP contribution in [0.25, 0.3) is 22.0 Å². The summed E-state index contributed by atoms with van der Waals surface area (Å²) in [5.74, 6) is 0.309. The molecule has 1 heterocycles. The number of aryl methyl sites for hydroxylation is 3. The van der Waals surface area contributed by atoms with Crippen LogP contribution in [0.2, 0.25) is 0 Å². The van der Waals surface area contributed by atoms with Gasteiger partial charge in [0.2, 0.25) is 0 Å². The normalized spacial score (nSPS) is 11.3. The summed E-state index contributed by atoms with van der Waals surface area (Å²) in [6.45, 7) is 8.44. The van der Waals surface area contributed by atoms with Crippen molar-refractivity contribution in [1.82, 2.24) is 9.78 Å². The average molecular weight is 280 g/mol. The molecule has 3 nitrogen and oxygen atoms in total. The number of fused-ring (bicyclic) bond motifs is 1. The number of aromatic hydroxyl groups is 1. The quantitative estimate of drug-likeness (QED) is 0.726. The van der Waals surface area contributed by atoms with Crippen molar-refractivity contribution in [1.29, 1.82) is 0 Å². The van der Waals surface area contributed by atoms with Gasteiger partial charge in [-0.15, -0.1) is 0 Å². The lowest BCUT2D eigenvalue weighted by Gasteiger charge is -2.16. The SMILES string of the molecule is Cc1c(C)c(-c2ccccc2O)c2c(c(C)nn2C)c1C. The smallest absolute Gasteiger partial charge is 0.123 e. The Kier molecular flexibility index (Phi) is 3.01. The summed E-state index contributed by atoms with van der Waals surface area (Å²) in [4.78, 5) is 0. The second-order valence-corrected chi connectivity index (χ2v) is 5.70. The Morgan fingerprint density at radius 2 is 1.62 bits per heavy atom. The fourth-order valence-electron chi connectivity index (χ4n) is 3.24. The molecule has 0 aliphatic heterocycles. The highest BCUT2D eigenvalue weighted by atomic mass is 16.3. The standard InChI is InChI=1S/C18H20N2O/c1-10-11(2)16-13(4)19-20(5)18(16)17(12(10)3)14-8-6-7-9-15(14)21/h6-9,21H,1-5H3. The zero-order valence-corrected chi connectivity index (χ0v) is 13.2. The molecule has 0 saturated carbocycles. The van der Waals surface area contributed by atoms with Crippen molar-refractivity contribution in [3.05, 3.63) is 46.6 Å². The van der Waals surface area contributed by atoms with Gasteiger partial charge in [0, 0.05) is 23.6 Å². The van der Waals surface area contributed by atoms with Crippen molar-refractivity contribution in [2.75, 3.05) is 0 Å². The van der Waals surface area contributed by atoms with Crippen LogP contribution < -0.4 is 0 Å². The second-order valence-electron chi connectivity index (χ2n) is 5.70. The van der Waals surface area contributed by atoms with Gasteiger partial charge in [0.15, 0.2) is 0 Å². The molecular weight excluding hydrogens is 260 g/mol. The molecule has 108 valence electrons. The summed E-state index contributed by atoms with van der Waals surface area (Å²) in [5, 5.41) is 16.1. The second kappa shape index (κ2) is 4.62. The van der Waals surface area contributed by atoms with E-state index in [1.807, 2.05) is 36.9 Å². The number of para-hydroxylation sites is 1. The molecule has 3 rings (SSSR count). The van der Waals surface area contributed by atoms with Crippen LogP contribution in [-0.4, -0.2) is 14.9 Å². The molecule has 3 heteroatoms.